The Kier molecular flexibility index (Phi) is 3.09. The lowest BCUT2D eigenvalue weighted by atomic mass is 9.76. The zero-order valence-corrected chi connectivity index (χ0v) is 12.2. The van der Waals surface area contributed by atoms with Gasteiger partial charge in [0.2, 0.25) is 0 Å². The molecule has 108 valence electrons. The smallest absolute Gasteiger partial charge is 0.0388 e. The number of benzene rings is 1. The first kappa shape index (κ1) is 12.8. The van der Waals surface area contributed by atoms with E-state index in [1.54, 1.807) is 5.56 Å². The third-order valence-corrected chi connectivity index (χ3v) is 6.01. The van der Waals surface area contributed by atoms with Crippen LogP contribution in [0.25, 0.3) is 0 Å². The second-order valence-electron chi connectivity index (χ2n) is 6.78. The fourth-order valence-electron chi connectivity index (χ4n) is 4.72. The summed E-state index contributed by atoms with van der Waals surface area (Å²) < 4.78 is 0. The van der Waals surface area contributed by atoms with Gasteiger partial charge < -0.3 is 10.6 Å². The molecule has 3 aliphatic rings. The van der Waals surface area contributed by atoms with Crippen molar-refractivity contribution in [3.8, 4) is 0 Å². The van der Waals surface area contributed by atoms with Gasteiger partial charge in [0.05, 0.1) is 0 Å². The molecule has 3 aliphatic heterocycles. The van der Waals surface area contributed by atoms with Gasteiger partial charge in [-0.05, 0) is 49.4 Å². The second kappa shape index (κ2) is 4.83. The van der Waals surface area contributed by atoms with Crippen molar-refractivity contribution in [2.24, 2.45) is 11.7 Å². The summed E-state index contributed by atoms with van der Waals surface area (Å²) in [4.78, 5) is 5.35. The fraction of sp³-hybridized carbons (Fsp3) is 0.647. The Balaban J connectivity index is 1.63. The van der Waals surface area contributed by atoms with E-state index in [-0.39, 0.29) is 5.54 Å². The van der Waals surface area contributed by atoms with Crippen LogP contribution in [-0.4, -0.2) is 48.1 Å². The van der Waals surface area contributed by atoms with Crippen molar-refractivity contribution in [2.75, 3.05) is 32.7 Å². The molecule has 1 aromatic carbocycles. The normalized spacial score (nSPS) is 36.9. The van der Waals surface area contributed by atoms with Crippen molar-refractivity contribution in [2.45, 2.75) is 31.3 Å². The monoisotopic (exact) mass is 271 g/mol. The lowest BCUT2D eigenvalue weighted by Crippen LogP contribution is -2.62. The molecule has 3 nitrogen and oxygen atoms in total. The molecule has 0 spiro atoms. The van der Waals surface area contributed by atoms with Gasteiger partial charge >= 0.3 is 0 Å². The van der Waals surface area contributed by atoms with Gasteiger partial charge in [-0.3, -0.25) is 4.90 Å². The third kappa shape index (κ3) is 1.84. The molecule has 0 aliphatic carbocycles. The van der Waals surface area contributed by atoms with E-state index in [1.165, 1.54) is 51.0 Å². The molecule has 3 heteroatoms. The summed E-state index contributed by atoms with van der Waals surface area (Å²) in [5.74, 6) is 0.784. The van der Waals surface area contributed by atoms with Crippen LogP contribution in [0, 0.1) is 5.92 Å². The van der Waals surface area contributed by atoms with Crippen molar-refractivity contribution >= 4 is 0 Å². The summed E-state index contributed by atoms with van der Waals surface area (Å²) in [6, 6.07) is 8.94. The van der Waals surface area contributed by atoms with Crippen LogP contribution < -0.4 is 5.73 Å². The predicted octanol–water partition coefficient (Wildman–Crippen LogP) is 1.47. The topological polar surface area (TPSA) is 32.5 Å². The lowest BCUT2D eigenvalue weighted by Gasteiger charge is -2.51. The quantitative estimate of drug-likeness (QED) is 0.884. The van der Waals surface area contributed by atoms with Crippen molar-refractivity contribution in [1.29, 1.82) is 0 Å². The molecule has 3 heterocycles. The van der Waals surface area contributed by atoms with Crippen LogP contribution >= 0.6 is 0 Å². The molecule has 3 atom stereocenters. The summed E-state index contributed by atoms with van der Waals surface area (Å²) >= 11 is 0. The van der Waals surface area contributed by atoms with Gasteiger partial charge in [-0.15, -0.1) is 0 Å². The average Bonchev–Trinajstić information content (AvgIpc) is 2.91. The highest BCUT2D eigenvalue weighted by Crippen LogP contribution is 2.41. The minimum atomic E-state index is 0.264. The van der Waals surface area contributed by atoms with Crippen LogP contribution in [0.5, 0.6) is 0 Å². The molecule has 0 radical (unpaired) electrons. The summed E-state index contributed by atoms with van der Waals surface area (Å²) in [6.45, 7) is 6.92. The number of hydrogen-bond acceptors (Lipinski definition) is 3. The van der Waals surface area contributed by atoms with E-state index in [4.69, 9.17) is 5.73 Å². The van der Waals surface area contributed by atoms with E-state index in [0.717, 1.165) is 19.0 Å². The van der Waals surface area contributed by atoms with Crippen molar-refractivity contribution < 1.29 is 0 Å². The Bertz CT molecular complexity index is 501. The Morgan fingerprint density at radius 3 is 2.85 bits per heavy atom. The standard InChI is InChI=1S/C17H25N3/c18-13-17(7-10-19-8-6-16(17)12-19)20-9-5-14-3-1-2-4-15(14)11-20/h1-4,16H,5-13,18H2. The Morgan fingerprint density at radius 1 is 1.15 bits per heavy atom. The van der Waals surface area contributed by atoms with Crippen LogP contribution in [0.1, 0.15) is 24.0 Å². The molecule has 0 saturated carbocycles. The van der Waals surface area contributed by atoms with Crippen LogP contribution in [0.2, 0.25) is 0 Å². The van der Waals surface area contributed by atoms with Gasteiger partial charge in [-0.1, -0.05) is 24.3 Å². The molecule has 1 aromatic rings. The summed E-state index contributed by atoms with van der Waals surface area (Å²) in [7, 11) is 0. The maximum Gasteiger partial charge on any atom is 0.0388 e. The van der Waals surface area contributed by atoms with E-state index in [9.17, 15) is 0 Å². The van der Waals surface area contributed by atoms with Gasteiger partial charge in [-0.25, -0.2) is 0 Å². The summed E-state index contributed by atoms with van der Waals surface area (Å²) in [5, 5.41) is 0. The first-order valence-corrected chi connectivity index (χ1v) is 8.06. The van der Waals surface area contributed by atoms with Gasteiger partial charge in [-0.2, -0.15) is 0 Å². The summed E-state index contributed by atoms with van der Waals surface area (Å²) in [5.41, 5.74) is 9.64. The third-order valence-electron chi connectivity index (χ3n) is 6.01. The van der Waals surface area contributed by atoms with Gasteiger partial charge in [0.1, 0.15) is 0 Å². The van der Waals surface area contributed by atoms with Crippen LogP contribution in [0.4, 0.5) is 0 Å². The SMILES string of the molecule is NCC1(N2CCc3ccccc3C2)CCN2CCC1C2. The second-order valence-corrected chi connectivity index (χ2v) is 6.78. The molecule has 0 amide bonds. The first-order chi connectivity index (χ1) is 9.82. The molecule has 3 unspecified atom stereocenters. The minimum absolute atomic E-state index is 0.264. The maximum absolute atomic E-state index is 6.31. The molecule has 2 fully saturated rings. The molecule has 2 bridgehead atoms. The Labute approximate surface area is 121 Å². The highest BCUT2D eigenvalue weighted by atomic mass is 15.3. The predicted molar refractivity (Wildman–Crippen MR) is 81.5 cm³/mol. The van der Waals surface area contributed by atoms with Crippen LogP contribution in [0.3, 0.4) is 0 Å². The molecule has 2 N–H and O–H groups in total. The molecular formula is C17H25N3. The van der Waals surface area contributed by atoms with Crippen LogP contribution in [0.15, 0.2) is 24.3 Å². The first-order valence-electron chi connectivity index (χ1n) is 8.06. The Hall–Kier alpha value is -0.900. The number of piperidine rings is 1. The molecule has 4 rings (SSSR count). The van der Waals surface area contributed by atoms with Crippen molar-refractivity contribution in [3.63, 3.8) is 0 Å². The lowest BCUT2D eigenvalue weighted by molar-refractivity contribution is -0.00196. The molecule has 0 aromatic heterocycles. The zero-order chi connectivity index (χ0) is 13.6. The number of nitrogens with zero attached hydrogens (tertiary/aromatic N) is 2. The van der Waals surface area contributed by atoms with Crippen LogP contribution in [-0.2, 0) is 13.0 Å². The van der Waals surface area contributed by atoms with Gasteiger partial charge in [0.15, 0.2) is 0 Å². The highest BCUT2D eigenvalue weighted by Gasteiger charge is 2.49. The van der Waals surface area contributed by atoms with E-state index in [2.05, 4.69) is 34.1 Å². The number of fused-ring (bicyclic) bond motifs is 3. The largest absolute Gasteiger partial charge is 0.329 e. The summed E-state index contributed by atoms with van der Waals surface area (Å²) in [6.07, 6.45) is 3.79. The number of hydrogen-bond donors (Lipinski definition) is 1. The van der Waals surface area contributed by atoms with E-state index >= 15 is 0 Å². The number of nitrogens with two attached hydrogens (primary N) is 1. The van der Waals surface area contributed by atoms with Crippen molar-refractivity contribution in [1.82, 2.24) is 9.80 Å². The average molecular weight is 271 g/mol. The highest BCUT2D eigenvalue weighted by molar-refractivity contribution is 5.30. The maximum atomic E-state index is 6.31. The number of rotatable bonds is 2. The van der Waals surface area contributed by atoms with Gasteiger partial charge in [0, 0.05) is 31.7 Å². The molecule has 2 saturated heterocycles. The van der Waals surface area contributed by atoms with E-state index in [0.29, 0.717) is 0 Å². The minimum Gasteiger partial charge on any atom is -0.329 e. The van der Waals surface area contributed by atoms with E-state index in [1.807, 2.05) is 0 Å². The van der Waals surface area contributed by atoms with E-state index < -0.39 is 0 Å². The zero-order valence-electron chi connectivity index (χ0n) is 12.2. The Morgan fingerprint density at radius 2 is 2.00 bits per heavy atom. The molecular weight excluding hydrogens is 246 g/mol. The van der Waals surface area contributed by atoms with Crippen molar-refractivity contribution in [3.05, 3.63) is 35.4 Å². The molecule has 20 heavy (non-hydrogen) atoms. The van der Waals surface area contributed by atoms with Gasteiger partial charge in [0.25, 0.3) is 0 Å². The fourth-order valence-corrected chi connectivity index (χ4v) is 4.72.